The van der Waals surface area contributed by atoms with Crippen LogP contribution < -0.4 is 9.62 Å². The lowest BCUT2D eigenvalue weighted by Gasteiger charge is -2.33. The summed E-state index contributed by atoms with van der Waals surface area (Å²) in [4.78, 5) is 28.5. The molecule has 0 fully saturated rings. The van der Waals surface area contributed by atoms with Crippen molar-refractivity contribution in [3.63, 3.8) is 0 Å². The molecule has 0 aromatic heterocycles. The minimum Gasteiger partial charge on any atom is -0.357 e. The number of amides is 2. The fourth-order valence-electron chi connectivity index (χ4n) is 4.41. The summed E-state index contributed by atoms with van der Waals surface area (Å²) in [5.41, 5.74) is 4.95. The Hall–Kier alpha value is -3.65. The summed E-state index contributed by atoms with van der Waals surface area (Å²) in [6, 6.07) is 21.8. The van der Waals surface area contributed by atoms with E-state index in [1.54, 1.807) is 6.07 Å². The predicted octanol–water partition coefficient (Wildman–Crippen LogP) is 3.76. The Morgan fingerprint density at radius 3 is 2.11 bits per heavy atom. The quantitative estimate of drug-likeness (QED) is 0.440. The second-order valence-electron chi connectivity index (χ2n) is 9.39. The lowest BCUT2D eigenvalue weighted by atomic mass is 10.0. The molecule has 0 aliphatic rings. The zero-order valence-corrected chi connectivity index (χ0v) is 22.9. The van der Waals surface area contributed by atoms with E-state index in [2.05, 4.69) is 5.32 Å². The van der Waals surface area contributed by atoms with Gasteiger partial charge in [-0.05, 0) is 43.5 Å². The largest absolute Gasteiger partial charge is 0.357 e. The van der Waals surface area contributed by atoms with Crippen LogP contribution in [0.2, 0.25) is 0 Å². The molecule has 3 aromatic carbocycles. The average Bonchev–Trinajstić information content (AvgIpc) is 2.84. The van der Waals surface area contributed by atoms with Gasteiger partial charge in [-0.3, -0.25) is 13.9 Å². The van der Waals surface area contributed by atoms with Crippen molar-refractivity contribution in [3.8, 4) is 0 Å². The number of nitrogens with one attached hydrogen (secondary N) is 1. The smallest absolute Gasteiger partial charge is 0.244 e. The molecule has 37 heavy (non-hydrogen) atoms. The number of rotatable bonds is 10. The van der Waals surface area contributed by atoms with Gasteiger partial charge in [0.2, 0.25) is 21.8 Å². The molecule has 3 aromatic rings. The second kappa shape index (κ2) is 12.1. The van der Waals surface area contributed by atoms with Gasteiger partial charge in [0.15, 0.2) is 0 Å². The number of sulfonamides is 1. The predicted molar refractivity (Wildman–Crippen MR) is 148 cm³/mol. The minimum atomic E-state index is -3.79. The van der Waals surface area contributed by atoms with E-state index in [1.807, 2.05) is 87.5 Å². The molecule has 0 bridgehead atoms. The van der Waals surface area contributed by atoms with Gasteiger partial charge >= 0.3 is 0 Å². The number of aryl methyl sites for hydroxylation is 3. The van der Waals surface area contributed by atoms with E-state index in [0.29, 0.717) is 12.1 Å². The number of hydrogen-bond acceptors (Lipinski definition) is 4. The van der Waals surface area contributed by atoms with Crippen LogP contribution in [-0.2, 0) is 32.6 Å². The van der Waals surface area contributed by atoms with Crippen molar-refractivity contribution in [3.05, 3.63) is 101 Å². The Kier molecular flexibility index (Phi) is 9.10. The monoisotopic (exact) mass is 521 g/mol. The van der Waals surface area contributed by atoms with E-state index in [0.717, 1.165) is 38.4 Å². The second-order valence-corrected chi connectivity index (χ2v) is 11.3. The van der Waals surface area contributed by atoms with Gasteiger partial charge in [0.25, 0.3) is 0 Å². The average molecular weight is 522 g/mol. The normalized spacial score (nSPS) is 12.0. The Bertz CT molecular complexity index is 1360. The Morgan fingerprint density at radius 1 is 0.865 bits per heavy atom. The maximum Gasteiger partial charge on any atom is 0.244 e. The molecule has 0 radical (unpaired) electrons. The number of hydrogen-bond donors (Lipinski definition) is 1. The van der Waals surface area contributed by atoms with Crippen LogP contribution >= 0.6 is 0 Å². The number of benzene rings is 3. The molecule has 2 amide bonds. The van der Waals surface area contributed by atoms with Gasteiger partial charge in [-0.15, -0.1) is 0 Å². The van der Waals surface area contributed by atoms with Crippen LogP contribution in [0.4, 0.5) is 5.69 Å². The van der Waals surface area contributed by atoms with E-state index < -0.39 is 28.5 Å². The molecule has 8 heteroatoms. The molecule has 7 nitrogen and oxygen atoms in total. The minimum absolute atomic E-state index is 0.163. The summed E-state index contributed by atoms with van der Waals surface area (Å²) in [7, 11) is -2.25. The highest BCUT2D eigenvalue weighted by atomic mass is 32.2. The van der Waals surface area contributed by atoms with Crippen molar-refractivity contribution in [2.24, 2.45) is 0 Å². The molecule has 1 unspecified atom stereocenters. The van der Waals surface area contributed by atoms with Gasteiger partial charge in [-0.2, -0.15) is 0 Å². The first-order valence-electron chi connectivity index (χ1n) is 12.1. The SMILES string of the molecule is CNC(=O)C(Cc1ccccc1)N(Cc1cccc(C)c1)C(=O)CN(c1ccc(C)cc1C)S(C)(=O)=O. The fourth-order valence-corrected chi connectivity index (χ4v) is 5.31. The van der Waals surface area contributed by atoms with Crippen LogP contribution in [0.5, 0.6) is 0 Å². The summed E-state index contributed by atoms with van der Waals surface area (Å²) in [6.07, 6.45) is 1.38. The standard InChI is InChI=1S/C29H35N3O4S/c1-21-10-9-13-25(17-21)19-31(27(29(34)30-4)18-24-11-7-6-8-12-24)28(33)20-32(37(5,35)36)26-15-14-22(2)16-23(26)3/h6-17,27H,18-20H2,1-5H3,(H,30,34). The summed E-state index contributed by atoms with van der Waals surface area (Å²) >= 11 is 0. The maximum absolute atomic E-state index is 13.9. The van der Waals surface area contributed by atoms with Crippen LogP contribution in [-0.4, -0.2) is 51.0 Å². The van der Waals surface area contributed by atoms with Gasteiger partial charge in [0.1, 0.15) is 12.6 Å². The van der Waals surface area contributed by atoms with Crippen molar-refractivity contribution in [2.75, 3.05) is 24.2 Å². The third-order valence-corrected chi connectivity index (χ3v) is 7.38. The van der Waals surface area contributed by atoms with Gasteiger partial charge in [0.05, 0.1) is 11.9 Å². The van der Waals surface area contributed by atoms with Crippen molar-refractivity contribution < 1.29 is 18.0 Å². The number of carbonyl (C=O) groups excluding carboxylic acids is 2. The van der Waals surface area contributed by atoms with E-state index in [1.165, 1.54) is 11.9 Å². The lowest BCUT2D eigenvalue weighted by Crippen LogP contribution is -2.53. The molecule has 3 rings (SSSR count). The maximum atomic E-state index is 13.9. The van der Waals surface area contributed by atoms with Gasteiger partial charge in [0, 0.05) is 20.0 Å². The highest BCUT2D eigenvalue weighted by Gasteiger charge is 2.32. The lowest BCUT2D eigenvalue weighted by molar-refractivity contribution is -0.139. The van der Waals surface area contributed by atoms with E-state index in [9.17, 15) is 18.0 Å². The highest BCUT2D eigenvalue weighted by Crippen LogP contribution is 2.25. The first kappa shape index (κ1) is 27.9. The fraction of sp³-hybridized carbons (Fsp3) is 0.310. The molecule has 1 atom stereocenters. The number of nitrogens with zero attached hydrogens (tertiary/aromatic N) is 2. The Labute approximate surface area is 220 Å². The third kappa shape index (κ3) is 7.43. The topological polar surface area (TPSA) is 86.8 Å². The first-order valence-corrected chi connectivity index (χ1v) is 14.0. The summed E-state index contributed by atoms with van der Waals surface area (Å²) < 4.78 is 26.8. The molecule has 0 saturated carbocycles. The molecule has 0 heterocycles. The molecule has 196 valence electrons. The van der Waals surface area contributed by atoms with Crippen molar-refractivity contribution in [1.82, 2.24) is 10.2 Å². The molecule has 0 aliphatic heterocycles. The molecular weight excluding hydrogens is 486 g/mol. The van der Waals surface area contributed by atoms with Crippen molar-refractivity contribution in [1.29, 1.82) is 0 Å². The van der Waals surface area contributed by atoms with Crippen LogP contribution in [0.25, 0.3) is 0 Å². The number of carbonyl (C=O) groups is 2. The summed E-state index contributed by atoms with van der Waals surface area (Å²) in [6.45, 7) is 5.44. The van der Waals surface area contributed by atoms with Crippen LogP contribution in [0.15, 0.2) is 72.8 Å². The van der Waals surface area contributed by atoms with Gasteiger partial charge in [-0.25, -0.2) is 8.42 Å². The molecule has 0 spiro atoms. The molecule has 0 aliphatic carbocycles. The van der Waals surface area contributed by atoms with Crippen molar-refractivity contribution in [2.45, 2.75) is 39.8 Å². The van der Waals surface area contributed by atoms with E-state index >= 15 is 0 Å². The molecule has 0 saturated heterocycles. The highest BCUT2D eigenvalue weighted by molar-refractivity contribution is 7.92. The summed E-state index contributed by atoms with van der Waals surface area (Å²) in [5, 5.41) is 2.68. The Morgan fingerprint density at radius 2 is 1.51 bits per heavy atom. The number of anilines is 1. The van der Waals surface area contributed by atoms with Crippen LogP contribution in [0.1, 0.15) is 27.8 Å². The Balaban J connectivity index is 2.05. The van der Waals surface area contributed by atoms with Crippen LogP contribution in [0, 0.1) is 20.8 Å². The van der Waals surface area contributed by atoms with Gasteiger partial charge < -0.3 is 10.2 Å². The van der Waals surface area contributed by atoms with Crippen LogP contribution in [0.3, 0.4) is 0 Å². The van der Waals surface area contributed by atoms with E-state index in [4.69, 9.17) is 0 Å². The summed E-state index contributed by atoms with van der Waals surface area (Å²) in [5.74, 6) is -0.779. The van der Waals surface area contributed by atoms with Crippen molar-refractivity contribution >= 4 is 27.5 Å². The zero-order chi connectivity index (χ0) is 27.2. The molecule has 1 N–H and O–H groups in total. The zero-order valence-electron chi connectivity index (χ0n) is 22.1. The van der Waals surface area contributed by atoms with Gasteiger partial charge in [-0.1, -0.05) is 77.9 Å². The number of likely N-dealkylation sites (N-methyl/N-ethyl adjacent to an activating group) is 1. The third-order valence-electron chi connectivity index (χ3n) is 6.25. The first-order chi connectivity index (χ1) is 17.5. The molecular formula is C29H35N3O4S. The van der Waals surface area contributed by atoms with E-state index in [-0.39, 0.29) is 12.5 Å².